The second-order valence-electron chi connectivity index (χ2n) is 7.35. The molecule has 0 atom stereocenters. The van der Waals surface area contributed by atoms with Gasteiger partial charge in [0.1, 0.15) is 0 Å². The monoisotopic (exact) mass is 354 g/mol. The summed E-state index contributed by atoms with van der Waals surface area (Å²) in [5, 5.41) is 2.59. The molecule has 0 amide bonds. The number of allylic oxidation sites excluding steroid dienone is 8. The van der Waals surface area contributed by atoms with E-state index in [1.807, 2.05) is 0 Å². The molecule has 10 radical (unpaired) electrons. The zero-order valence-corrected chi connectivity index (χ0v) is 15.4. The van der Waals surface area contributed by atoms with Crippen molar-refractivity contribution >= 4 is 10.8 Å². The van der Waals surface area contributed by atoms with Crippen LogP contribution in [0.4, 0.5) is 0 Å². The topological polar surface area (TPSA) is 0 Å². The highest BCUT2D eigenvalue weighted by atomic mass is 14.5. The molecule has 0 aromatic heterocycles. The minimum Gasteiger partial charge on any atom is -0.0755 e. The van der Waals surface area contributed by atoms with Crippen molar-refractivity contribution in [1.29, 1.82) is 0 Å². The Labute approximate surface area is 168 Å². The molecule has 0 aliphatic heterocycles. The van der Waals surface area contributed by atoms with Crippen LogP contribution in [0.5, 0.6) is 0 Å². The van der Waals surface area contributed by atoms with Crippen molar-refractivity contribution in [3.05, 3.63) is 157 Å². The highest BCUT2D eigenvalue weighted by Gasteiger charge is 2.51. The van der Waals surface area contributed by atoms with Crippen LogP contribution in [-0.2, 0) is 0 Å². The van der Waals surface area contributed by atoms with Gasteiger partial charge in [-0.25, -0.2) is 0 Å². The molecule has 0 spiro atoms. The summed E-state index contributed by atoms with van der Waals surface area (Å²) in [6, 6.07) is 13.3. The van der Waals surface area contributed by atoms with Gasteiger partial charge in [0.05, 0.1) is 0 Å². The Morgan fingerprint density at radius 3 is 1.82 bits per heavy atom. The van der Waals surface area contributed by atoms with Crippen molar-refractivity contribution in [1.82, 2.24) is 0 Å². The Morgan fingerprint density at radius 1 is 0.536 bits per heavy atom. The molecule has 130 valence electrons. The van der Waals surface area contributed by atoms with Gasteiger partial charge in [0.25, 0.3) is 0 Å². The quantitative estimate of drug-likeness (QED) is 0.613. The van der Waals surface area contributed by atoms with E-state index in [1.165, 1.54) is 57.4 Å². The van der Waals surface area contributed by atoms with Crippen LogP contribution in [-0.4, -0.2) is 0 Å². The van der Waals surface area contributed by atoms with Crippen LogP contribution in [0.3, 0.4) is 0 Å². The zero-order chi connectivity index (χ0) is 18.5. The van der Waals surface area contributed by atoms with Gasteiger partial charge >= 0.3 is 0 Å². The van der Waals surface area contributed by atoms with Crippen LogP contribution >= 0.6 is 0 Å². The molecule has 2 aromatic rings. The Balaban J connectivity index is 1.59. The van der Waals surface area contributed by atoms with Crippen LogP contribution in [0.1, 0.15) is 11.1 Å². The molecule has 4 aliphatic carbocycles. The summed E-state index contributed by atoms with van der Waals surface area (Å²) in [5.74, 6) is 7.93. The highest BCUT2D eigenvalue weighted by molar-refractivity contribution is 5.95. The van der Waals surface area contributed by atoms with Crippen LogP contribution < -0.4 is 0 Å². The number of fused-ring (bicyclic) bond motifs is 4. The predicted molar refractivity (Wildman–Crippen MR) is 115 cm³/mol. The first-order valence-corrected chi connectivity index (χ1v) is 9.72. The van der Waals surface area contributed by atoms with Gasteiger partial charge in [0.15, 0.2) is 0 Å². The van der Waals surface area contributed by atoms with E-state index in [2.05, 4.69) is 111 Å². The smallest absolute Gasteiger partial charge is 0.0295 e. The van der Waals surface area contributed by atoms with Gasteiger partial charge in [-0.15, -0.1) is 0 Å². The molecule has 0 nitrogen and oxygen atoms in total. The zero-order valence-electron chi connectivity index (χ0n) is 15.4. The largest absolute Gasteiger partial charge is 0.0755 e. The first-order valence-electron chi connectivity index (χ1n) is 9.72. The van der Waals surface area contributed by atoms with E-state index < -0.39 is 0 Å². The number of rotatable bonds is 2. The van der Waals surface area contributed by atoms with Crippen molar-refractivity contribution in [3.63, 3.8) is 0 Å². The van der Waals surface area contributed by atoms with Crippen LogP contribution in [0.2, 0.25) is 0 Å². The second-order valence-corrected chi connectivity index (χ2v) is 7.35. The van der Waals surface area contributed by atoms with E-state index in [0.29, 0.717) is 0 Å². The van der Waals surface area contributed by atoms with E-state index in [1.54, 1.807) is 0 Å². The summed E-state index contributed by atoms with van der Waals surface area (Å²) in [7, 11) is 0. The third-order valence-corrected chi connectivity index (χ3v) is 5.84. The summed E-state index contributed by atoms with van der Waals surface area (Å²) >= 11 is 0. The van der Waals surface area contributed by atoms with Gasteiger partial charge in [-0.1, -0.05) is 85.0 Å². The Kier molecular flexibility index (Phi) is 3.93. The third-order valence-electron chi connectivity index (χ3n) is 5.84. The SMILES string of the molecule is [CH]1[CH][CH][C](c2ccc3ccccc3c2[C]2[C]3C=CC=C[C]3[C]3C=CC=C[C]32)[CH]1. The standard InChI is InChI=1S/C28H18/c1-2-10-19(9-1)22-18-17-20-11-3-4-12-21(20)27(22)28-25-15-7-5-13-23(25)24-14-6-8-16-26(24)28/h1-18H. The van der Waals surface area contributed by atoms with Crippen molar-refractivity contribution in [2.75, 3.05) is 0 Å². The minimum absolute atomic E-state index is 1.27. The molecule has 0 bridgehead atoms. The maximum atomic E-state index is 2.28. The molecule has 2 saturated carbocycles. The van der Waals surface area contributed by atoms with Crippen molar-refractivity contribution in [2.24, 2.45) is 0 Å². The molecule has 2 aromatic carbocycles. The van der Waals surface area contributed by atoms with Crippen molar-refractivity contribution in [2.45, 2.75) is 0 Å². The van der Waals surface area contributed by atoms with Crippen molar-refractivity contribution in [3.8, 4) is 0 Å². The summed E-state index contributed by atoms with van der Waals surface area (Å²) in [4.78, 5) is 0. The lowest BCUT2D eigenvalue weighted by Gasteiger charge is -2.28. The molecule has 0 heteroatoms. The third kappa shape index (κ3) is 2.43. The van der Waals surface area contributed by atoms with E-state index in [-0.39, 0.29) is 0 Å². The highest BCUT2D eigenvalue weighted by Crippen LogP contribution is 2.61. The van der Waals surface area contributed by atoms with Crippen LogP contribution in [0, 0.1) is 61.2 Å². The van der Waals surface area contributed by atoms with Gasteiger partial charge in [-0.3, -0.25) is 0 Å². The molecule has 0 saturated heterocycles. The fraction of sp³-hybridized carbons (Fsp3) is 0. The molecule has 4 aliphatic rings. The normalized spacial score (nSPS) is 23.9. The molecule has 2 fully saturated rings. The molecular formula is C28H18. The van der Waals surface area contributed by atoms with Gasteiger partial charge in [0, 0.05) is 35.5 Å². The summed E-state index contributed by atoms with van der Waals surface area (Å²) in [5.41, 5.74) is 2.63. The fourth-order valence-corrected chi connectivity index (χ4v) is 4.62. The van der Waals surface area contributed by atoms with Crippen LogP contribution in [0.25, 0.3) is 10.8 Å². The predicted octanol–water partition coefficient (Wildman–Crippen LogP) is 6.08. The average Bonchev–Trinajstić information content (AvgIpc) is 3.40. The van der Waals surface area contributed by atoms with E-state index >= 15 is 0 Å². The summed E-state index contributed by atoms with van der Waals surface area (Å²) in [6.07, 6.45) is 26.3. The lowest BCUT2D eigenvalue weighted by atomic mass is 9.74. The number of hydrogen-bond donors (Lipinski definition) is 0. The number of hydrogen-bond acceptors (Lipinski definition) is 0. The number of benzene rings is 2. The fourth-order valence-electron chi connectivity index (χ4n) is 4.62. The molecule has 0 unspecified atom stereocenters. The first-order chi connectivity index (χ1) is 13.9. The van der Waals surface area contributed by atoms with E-state index in [4.69, 9.17) is 0 Å². The molecular weight excluding hydrogens is 336 g/mol. The Bertz CT molecular complexity index is 978. The minimum atomic E-state index is 1.27. The van der Waals surface area contributed by atoms with Gasteiger partial charge < -0.3 is 0 Å². The maximum absolute atomic E-state index is 2.28. The average molecular weight is 354 g/mol. The van der Waals surface area contributed by atoms with Crippen LogP contribution in [0.15, 0.2) is 85.0 Å². The second kappa shape index (κ2) is 6.62. The Morgan fingerprint density at radius 2 is 1.14 bits per heavy atom. The van der Waals surface area contributed by atoms with Crippen molar-refractivity contribution < 1.29 is 0 Å². The summed E-state index contributed by atoms with van der Waals surface area (Å²) in [6.45, 7) is 0. The van der Waals surface area contributed by atoms with E-state index in [9.17, 15) is 0 Å². The molecule has 6 rings (SSSR count). The maximum Gasteiger partial charge on any atom is 0.0295 e. The molecule has 0 heterocycles. The lowest BCUT2D eigenvalue weighted by molar-refractivity contribution is 1.09. The first kappa shape index (κ1) is 16.6. The lowest BCUT2D eigenvalue weighted by Crippen LogP contribution is -2.16. The van der Waals surface area contributed by atoms with Gasteiger partial charge in [-0.05, 0) is 47.6 Å². The molecule has 0 N–H and O–H groups in total. The summed E-state index contributed by atoms with van der Waals surface area (Å²) < 4.78 is 0. The van der Waals surface area contributed by atoms with Gasteiger partial charge in [0.2, 0.25) is 0 Å². The molecule has 28 heavy (non-hydrogen) atoms. The van der Waals surface area contributed by atoms with E-state index in [0.717, 1.165) is 0 Å². The Hall–Kier alpha value is -2.34. The van der Waals surface area contributed by atoms with Gasteiger partial charge in [-0.2, -0.15) is 0 Å².